The quantitative estimate of drug-likeness (QED) is 0.684. The Kier molecular flexibility index (Phi) is 7.53. The summed E-state index contributed by atoms with van der Waals surface area (Å²) in [5, 5.41) is 5.30. The molecule has 2 rings (SSSR count). The monoisotopic (exact) mass is 439 g/mol. The number of carbonyl (C=O) groups excluding carboxylic acids is 2. The highest BCUT2D eigenvalue weighted by atomic mass is 19.4. The standard InChI is InChI=1S/C20H24F3N5O3/c1-10(2)16(29)28-19-25-12(4)7-15(27-19)17(30)26-13(5)14-6-11(3)18(24-8-14)31-9-20(21,22)23/h6-8,10,13H,9H2,1-5H3,(H,26,30)(H,25,27,28,29). The number of alkyl halides is 3. The first-order valence-corrected chi connectivity index (χ1v) is 9.49. The van der Waals surface area contributed by atoms with Gasteiger partial charge in [-0.1, -0.05) is 13.8 Å². The number of rotatable bonds is 7. The number of aromatic nitrogens is 3. The smallest absolute Gasteiger partial charge is 0.422 e. The highest BCUT2D eigenvalue weighted by Gasteiger charge is 2.29. The third-order valence-corrected chi connectivity index (χ3v) is 4.12. The number of carbonyl (C=O) groups is 2. The Morgan fingerprint density at radius 3 is 2.39 bits per heavy atom. The summed E-state index contributed by atoms with van der Waals surface area (Å²) in [5.41, 5.74) is 1.53. The van der Waals surface area contributed by atoms with Crippen LogP contribution in [-0.4, -0.2) is 39.5 Å². The molecule has 1 atom stereocenters. The first kappa shape index (κ1) is 24.0. The van der Waals surface area contributed by atoms with E-state index in [2.05, 4.69) is 30.3 Å². The normalized spacial score (nSPS) is 12.4. The largest absolute Gasteiger partial charge is 0.468 e. The molecule has 0 bridgehead atoms. The van der Waals surface area contributed by atoms with Crippen LogP contribution in [0.4, 0.5) is 19.1 Å². The van der Waals surface area contributed by atoms with Crippen molar-refractivity contribution in [1.82, 2.24) is 20.3 Å². The van der Waals surface area contributed by atoms with Crippen LogP contribution in [0.15, 0.2) is 18.3 Å². The number of anilines is 1. The average Bonchev–Trinajstić information content (AvgIpc) is 2.65. The lowest BCUT2D eigenvalue weighted by atomic mass is 10.1. The van der Waals surface area contributed by atoms with Gasteiger partial charge in [-0.15, -0.1) is 0 Å². The molecule has 0 saturated carbocycles. The van der Waals surface area contributed by atoms with Crippen LogP contribution in [0.3, 0.4) is 0 Å². The lowest BCUT2D eigenvalue weighted by Crippen LogP contribution is -2.28. The summed E-state index contributed by atoms with van der Waals surface area (Å²) in [7, 11) is 0. The molecule has 2 aromatic heterocycles. The minimum Gasteiger partial charge on any atom is -0.468 e. The van der Waals surface area contributed by atoms with Crippen molar-refractivity contribution in [2.45, 2.75) is 46.8 Å². The molecule has 2 aromatic rings. The van der Waals surface area contributed by atoms with Gasteiger partial charge in [0.05, 0.1) is 6.04 Å². The number of nitrogens with zero attached hydrogens (tertiary/aromatic N) is 3. The van der Waals surface area contributed by atoms with Crippen LogP contribution < -0.4 is 15.4 Å². The first-order chi connectivity index (χ1) is 14.4. The van der Waals surface area contributed by atoms with Crippen molar-refractivity contribution < 1.29 is 27.5 Å². The van der Waals surface area contributed by atoms with Crippen molar-refractivity contribution in [2.24, 2.45) is 5.92 Å². The van der Waals surface area contributed by atoms with E-state index >= 15 is 0 Å². The molecule has 2 amide bonds. The molecule has 0 fully saturated rings. The van der Waals surface area contributed by atoms with Crippen molar-refractivity contribution in [2.75, 3.05) is 11.9 Å². The minimum absolute atomic E-state index is 0.0279. The van der Waals surface area contributed by atoms with Crippen LogP contribution >= 0.6 is 0 Å². The van der Waals surface area contributed by atoms with Crippen LogP contribution in [0.1, 0.15) is 54.1 Å². The van der Waals surface area contributed by atoms with Gasteiger partial charge >= 0.3 is 6.18 Å². The number of aryl methyl sites for hydroxylation is 2. The maximum absolute atomic E-state index is 12.6. The summed E-state index contributed by atoms with van der Waals surface area (Å²) in [5.74, 6) is -1.16. The molecule has 0 aliphatic carbocycles. The van der Waals surface area contributed by atoms with Crippen molar-refractivity contribution in [3.63, 3.8) is 0 Å². The van der Waals surface area contributed by atoms with Gasteiger partial charge in [0.1, 0.15) is 5.69 Å². The maximum atomic E-state index is 12.6. The van der Waals surface area contributed by atoms with Gasteiger partial charge in [-0.2, -0.15) is 13.2 Å². The average molecular weight is 439 g/mol. The zero-order valence-electron chi connectivity index (χ0n) is 17.8. The molecule has 0 aliphatic heterocycles. The summed E-state index contributed by atoms with van der Waals surface area (Å²) in [6.07, 6.45) is -3.12. The molecule has 0 aliphatic rings. The fourth-order valence-electron chi connectivity index (χ4n) is 2.47. The van der Waals surface area contributed by atoms with E-state index in [0.717, 1.165) is 0 Å². The van der Waals surface area contributed by atoms with Crippen molar-refractivity contribution in [3.05, 3.63) is 40.8 Å². The molecule has 0 spiro atoms. The maximum Gasteiger partial charge on any atom is 0.422 e. The number of halogens is 3. The molecular formula is C20H24F3N5O3. The molecule has 8 nitrogen and oxygen atoms in total. The molecule has 0 aromatic carbocycles. The topological polar surface area (TPSA) is 106 Å². The number of amides is 2. The predicted molar refractivity (Wildman–Crippen MR) is 107 cm³/mol. The SMILES string of the molecule is Cc1cc(C(=O)NC(C)c2cnc(OCC(F)(F)F)c(C)c2)nc(NC(=O)C(C)C)n1. The number of pyridine rings is 1. The van der Waals surface area contributed by atoms with E-state index in [4.69, 9.17) is 0 Å². The Hall–Kier alpha value is -3.24. The van der Waals surface area contributed by atoms with Crippen LogP contribution in [-0.2, 0) is 4.79 Å². The third kappa shape index (κ3) is 7.19. The summed E-state index contributed by atoms with van der Waals surface area (Å²) < 4.78 is 41.6. The fraction of sp³-hybridized carbons (Fsp3) is 0.450. The lowest BCUT2D eigenvalue weighted by Gasteiger charge is -2.16. The van der Waals surface area contributed by atoms with Gasteiger partial charge in [-0.05, 0) is 38.5 Å². The van der Waals surface area contributed by atoms with E-state index in [-0.39, 0.29) is 29.3 Å². The summed E-state index contributed by atoms with van der Waals surface area (Å²) in [6, 6.07) is 2.55. The second kappa shape index (κ2) is 9.71. The highest BCUT2D eigenvalue weighted by molar-refractivity contribution is 5.94. The number of hydrogen-bond donors (Lipinski definition) is 2. The second-order valence-electron chi connectivity index (χ2n) is 7.35. The molecule has 1 unspecified atom stereocenters. The second-order valence-corrected chi connectivity index (χ2v) is 7.35. The van der Waals surface area contributed by atoms with Crippen LogP contribution in [0.5, 0.6) is 5.88 Å². The molecule has 0 saturated heterocycles. The van der Waals surface area contributed by atoms with Gasteiger partial charge in [-0.3, -0.25) is 14.9 Å². The summed E-state index contributed by atoms with van der Waals surface area (Å²) >= 11 is 0. The van der Waals surface area contributed by atoms with E-state index < -0.39 is 24.7 Å². The van der Waals surface area contributed by atoms with Gasteiger partial charge in [0.25, 0.3) is 5.91 Å². The predicted octanol–water partition coefficient (Wildman–Crippen LogP) is 3.52. The van der Waals surface area contributed by atoms with Crippen molar-refractivity contribution >= 4 is 17.8 Å². The molecule has 168 valence electrons. The van der Waals surface area contributed by atoms with Crippen molar-refractivity contribution in [1.29, 1.82) is 0 Å². The molecular weight excluding hydrogens is 415 g/mol. The Balaban J connectivity index is 2.11. The van der Waals surface area contributed by atoms with Crippen LogP contribution in [0.25, 0.3) is 0 Å². The Morgan fingerprint density at radius 2 is 1.81 bits per heavy atom. The van der Waals surface area contributed by atoms with Crippen LogP contribution in [0.2, 0.25) is 0 Å². The Labute approximate surface area is 177 Å². The molecule has 2 N–H and O–H groups in total. The molecule has 0 radical (unpaired) electrons. The first-order valence-electron chi connectivity index (χ1n) is 9.49. The third-order valence-electron chi connectivity index (χ3n) is 4.12. The van der Waals surface area contributed by atoms with Gasteiger partial charge in [0.15, 0.2) is 6.61 Å². The van der Waals surface area contributed by atoms with E-state index in [1.807, 2.05) is 0 Å². The van der Waals surface area contributed by atoms with Gasteiger partial charge in [0.2, 0.25) is 17.7 Å². The van der Waals surface area contributed by atoms with Crippen molar-refractivity contribution in [3.8, 4) is 5.88 Å². The minimum atomic E-state index is -4.46. The zero-order valence-corrected chi connectivity index (χ0v) is 17.8. The number of ether oxygens (including phenoxy) is 1. The number of nitrogens with one attached hydrogen (secondary N) is 2. The zero-order chi connectivity index (χ0) is 23.3. The fourth-order valence-corrected chi connectivity index (χ4v) is 2.47. The molecule has 31 heavy (non-hydrogen) atoms. The van der Waals surface area contributed by atoms with E-state index in [1.165, 1.54) is 12.3 Å². The molecule has 2 heterocycles. The summed E-state index contributed by atoms with van der Waals surface area (Å²) in [4.78, 5) is 36.6. The molecule has 11 heteroatoms. The highest BCUT2D eigenvalue weighted by Crippen LogP contribution is 2.23. The summed E-state index contributed by atoms with van der Waals surface area (Å²) in [6.45, 7) is 6.93. The van der Waals surface area contributed by atoms with E-state index in [0.29, 0.717) is 16.8 Å². The van der Waals surface area contributed by atoms with E-state index in [1.54, 1.807) is 40.7 Å². The van der Waals surface area contributed by atoms with Gasteiger partial charge in [-0.25, -0.2) is 15.0 Å². The van der Waals surface area contributed by atoms with Crippen LogP contribution in [0, 0.1) is 19.8 Å². The van der Waals surface area contributed by atoms with Gasteiger partial charge in [0, 0.05) is 23.4 Å². The Morgan fingerprint density at radius 1 is 1.13 bits per heavy atom. The lowest BCUT2D eigenvalue weighted by molar-refractivity contribution is -0.154. The van der Waals surface area contributed by atoms with Gasteiger partial charge < -0.3 is 10.1 Å². The van der Waals surface area contributed by atoms with E-state index in [9.17, 15) is 22.8 Å². The number of hydrogen-bond acceptors (Lipinski definition) is 6. The Bertz CT molecular complexity index is 964.